The van der Waals surface area contributed by atoms with Crippen molar-refractivity contribution in [1.82, 2.24) is 9.78 Å². The van der Waals surface area contributed by atoms with Crippen LogP contribution in [0.3, 0.4) is 0 Å². The van der Waals surface area contributed by atoms with Crippen LogP contribution in [0.2, 0.25) is 10.0 Å². The van der Waals surface area contributed by atoms with Crippen molar-refractivity contribution in [3.05, 3.63) is 40.1 Å². The van der Waals surface area contributed by atoms with Gasteiger partial charge in [0.15, 0.2) is 0 Å². The number of halogens is 2. The minimum absolute atomic E-state index is 0.0434. The summed E-state index contributed by atoms with van der Waals surface area (Å²) >= 11 is 11.8. The number of hydrogen-bond donors (Lipinski definition) is 1. The van der Waals surface area contributed by atoms with E-state index in [1.807, 2.05) is 0 Å². The van der Waals surface area contributed by atoms with Gasteiger partial charge in [0, 0.05) is 24.9 Å². The highest BCUT2D eigenvalue weighted by Gasteiger charge is 2.17. The third-order valence-electron chi connectivity index (χ3n) is 2.45. The van der Waals surface area contributed by atoms with Gasteiger partial charge in [-0.25, -0.2) is 13.6 Å². The maximum atomic E-state index is 11.3. The van der Waals surface area contributed by atoms with Crippen molar-refractivity contribution < 1.29 is 13.2 Å². The minimum Gasteiger partial charge on any atom is -0.487 e. The van der Waals surface area contributed by atoms with Gasteiger partial charge < -0.3 is 4.74 Å². The molecule has 0 bridgehead atoms. The minimum atomic E-state index is -3.92. The van der Waals surface area contributed by atoms with E-state index in [1.165, 1.54) is 6.07 Å². The summed E-state index contributed by atoms with van der Waals surface area (Å²) in [6.45, 7) is 0.235. The van der Waals surface area contributed by atoms with Crippen LogP contribution in [0.25, 0.3) is 0 Å². The number of hydrogen-bond acceptors (Lipinski definition) is 4. The number of sulfonamides is 1. The van der Waals surface area contributed by atoms with Gasteiger partial charge in [-0.3, -0.25) is 4.68 Å². The molecule has 0 aliphatic heterocycles. The van der Waals surface area contributed by atoms with E-state index < -0.39 is 10.0 Å². The Morgan fingerprint density at radius 2 is 2.05 bits per heavy atom. The molecular weight excluding hydrogens is 325 g/mol. The second-order valence-corrected chi connectivity index (χ2v) is 6.41. The first-order valence-corrected chi connectivity index (χ1v) is 7.70. The van der Waals surface area contributed by atoms with Crippen LogP contribution in [0, 0.1) is 0 Å². The first-order valence-electron chi connectivity index (χ1n) is 5.39. The first kappa shape index (κ1) is 15.1. The molecule has 1 aromatic carbocycles. The summed E-state index contributed by atoms with van der Waals surface area (Å²) in [5.74, 6) is 0.271. The molecule has 0 aliphatic rings. The van der Waals surface area contributed by atoms with Crippen LogP contribution in [0.15, 0.2) is 29.4 Å². The molecule has 0 amide bonds. The standard InChI is InChI=1S/C11H11Cl2N3O3S/c1-16-5-7(4-15-16)6-19-10-2-9(13)11(3-8(10)12)20(14,17)18/h2-5H,6H2,1H3,(H2,14,17,18). The van der Waals surface area contributed by atoms with Gasteiger partial charge in [-0.2, -0.15) is 5.10 Å². The van der Waals surface area contributed by atoms with Gasteiger partial charge in [-0.15, -0.1) is 0 Å². The molecule has 2 aromatic rings. The molecule has 0 fully saturated rings. The molecule has 0 spiro atoms. The molecule has 6 nitrogen and oxygen atoms in total. The summed E-state index contributed by atoms with van der Waals surface area (Å²) in [4.78, 5) is -0.238. The Balaban J connectivity index is 2.23. The number of aromatic nitrogens is 2. The van der Waals surface area contributed by atoms with Crippen LogP contribution in [-0.4, -0.2) is 18.2 Å². The van der Waals surface area contributed by atoms with Gasteiger partial charge >= 0.3 is 0 Å². The van der Waals surface area contributed by atoms with Gasteiger partial charge in [-0.1, -0.05) is 23.2 Å². The van der Waals surface area contributed by atoms with Gasteiger partial charge in [0.25, 0.3) is 0 Å². The fourth-order valence-electron chi connectivity index (χ4n) is 1.55. The van der Waals surface area contributed by atoms with Crippen molar-refractivity contribution in [3.63, 3.8) is 0 Å². The molecule has 108 valence electrons. The summed E-state index contributed by atoms with van der Waals surface area (Å²) < 4.78 is 29.7. The number of benzene rings is 1. The lowest BCUT2D eigenvalue weighted by molar-refractivity contribution is 0.306. The predicted octanol–water partition coefficient (Wildman–Crippen LogP) is 1.95. The average Bonchev–Trinajstić information content (AvgIpc) is 2.74. The molecule has 2 rings (SSSR count). The Hall–Kier alpha value is -1.28. The number of rotatable bonds is 4. The van der Waals surface area contributed by atoms with Gasteiger partial charge in [0.1, 0.15) is 17.3 Å². The summed E-state index contributed by atoms with van der Waals surface area (Å²) in [5.41, 5.74) is 0.843. The fraction of sp³-hybridized carbons (Fsp3) is 0.182. The van der Waals surface area contributed by atoms with Crippen LogP contribution >= 0.6 is 23.2 Å². The lowest BCUT2D eigenvalue weighted by atomic mass is 10.3. The summed E-state index contributed by atoms with van der Waals surface area (Å²) in [7, 11) is -2.14. The SMILES string of the molecule is Cn1cc(COc2cc(Cl)c(S(N)(=O)=O)cc2Cl)cn1. The van der Waals surface area contributed by atoms with Crippen LogP contribution in [0.5, 0.6) is 5.75 Å². The second-order valence-electron chi connectivity index (χ2n) is 4.07. The number of nitrogens with zero attached hydrogens (tertiary/aromatic N) is 2. The third kappa shape index (κ3) is 3.43. The van der Waals surface area contributed by atoms with E-state index in [0.717, 1.165) is 11.6 Å². The van der Waals surface area contributed by atoms with Crippen molar-refractivity contribution in [1.29, 1.82) is 0 Å². The Labute approximate surface area is 126 Å². The molecule has 2 N–H and O–H groups in total. The molecule has 0 saturated heterocycles. The Kier molecular flexibility index (Phi) is 4.24. The zero-order valence-electron chi connectivity index (χ0n) is 10.4. The fourth-order valence-corrected chi connectivity index (χ4v) is 2.92. The summed E-state index contributed by atoms with van der Waals surface area (Å²) in [6.07, 6.45) is 3.43. The molecule has 20 heavy (non-hydrogen) atoms. The smallest absolute Gasteiger partial charge is 0.239 e. The van der Waals surface area contributed by atoms with E-state index in [4.69, 9.17) is 33.1 Å². The van der Waals surface area contributed by atoms with Crippen molar-refractivity contribution in [2.24, 2.45) is 12.2 Å². The molecule has 1 aromatic heterocycles. The van der Waals surface area contributed by atoms with Crippen LogP contribution in [0.1, 0.15) is 5.56 Å². The number of nitrogens with two attached hydrogens (primary N) is 1. The molecule has 0 radical (unpaired) electrons. The van der Waals surface area contributed by atoms with E-state index in [2.05, 4.69) is 5.10 Å². The lowest BCUT2D eigenvalue weighted by Gasteiger charge is -2.09. The average molecular weight is 336 g/mol. The van der Waals surface area contributed by atoms with E-state index in [-0.39, 0.29) is 27.3 Å². The van der Waals surface area contributed by atoms with Gasteiger partial charge in [0.05, 0.1) is 16.2 Å². The number of primary sulfonamides is 1. The van der Waals surface area contributed by atoms with E-state index >= 15 is 0 Å². The molecular formula is C11H11Cl2N3O3S. The Bertz CT molecular complexity index is 743. The topological polar surface area (TPSA) is 87.2 Å². The lowest BCUT2D eigenvalue weighted by Crippen LogP contribution is -2.12. The van der Waals surface area contributed by atoms with Crippen LogP contribution in [-0.2, 0) is 23.7 Å². The normalized spacial score (nSPS) is 11.6. The van der Waals surface area contributed by atoms with Crippen molar-refractivity contribution in [2.45, 2.75) is 11.5 Å². The monoisotopic (exact) mass is 335 g/mol. The molecule has 0 aliphatic carbocycles. The highest BCUT2D eigenvalue weighted by molar-refractivity contribution is 7.89. The van der Waals surface area contributed by atoms with E-state index in [9.17, 15) is 8.42 Å². The van der Waals surface area contributed by atoms with Gasteiger partial charge in [0.2, 0.25) is 10.0 Å². The first-order chi connectivity index (χ1) is 9.27. The Morgan fingerprint density at radius 3 is 2.60 bits per heavy atom. The maximum Gasteiger partial charge on any atom is 0.239 e. The third-order valence-corrected chi connectivity index (χ3v) is 4.12. The van der Waals surface area contributed by atoms with Gasteiger partial charge in [-0.05, 0) is 6.07 Å². The molecule has 0 atom stereocenters. The van der Waals surface area contributed by atoms with Crippen molar-refractivity contribution in [2.75, 3.05) is 0 Å². The Morgan fingerprint density at radius 1 is 1.35 bits per heavy atom. The maximum absolute atomic E-state index is 11.3. The molecule has 0 saturated carbocycles. The van der Waals surface area contributed by atoms with Crippen LogP contribution < -0.4 is 9.88 Å². The number of ether oxygens (including phenoxy) is 1. The largest absolute Gasteiger partial charge is 0.487 e. The second kappa shape index (κ2) is 5.61. The van der Waals surface area contributed by atoms with E-state index in [0.29, 0.717) is 0 Å². The van der Waals surface area contributed by atoms with Crippen molar-refractivity contribution >= 4 is 33.2 Å². The zero-order valence-corrected chi connectivity index (χ0v) is 12.7. The summed E-state index contributed by atoms with van der Waals surface area (Å²) in [6, 6.07) is 2.48. The van der Waals surface area contributed by atoms with E-state index in [1.54, 1.807) is 24.1 Å². The quantitative estimate of drug-likeness (QED) is 0.924. The predicted molar refractivity (Wildman–Crippen MR) is 75.4 cm³/mol. The highest BCUT2D eigenvalue weighted by atomic mass is 35.5. The molecule has 1 heterocycles. The molecule has 9 heteroatoms. The van der Waals surface area contributed by atoms with Crippen LogP contribution in [0.4, 0.5) is 0 Å². The number of aryl methyl sites for hydroxylation is 1. The highest BCUT2D eigenvalue weighted by Crippen LogP contribution is 2.33. The molecule has 0 unspecified atom stereocenters. The zero-order chi connectivity index (χ0) is 14.9. The summed E-state index contributed by atoms with van der Waals surface area (Å²) in [5, 5.41) is 9.09. The van der Waals surface area contributed by atoms with Crippen molar-refractivity contribution in [3.8, 4) is 5.75 Å².